The van der Waals surface area contributed by atoms with Crippen molar-refractivity contribution in [1.82, 2.24) is 5.32 Å². The highest BCUT2D eigenvalue weighted by atomic mass is 35.5. The maximum Gasteiger partial charge on any atom is 0.237 e. The Hall–Kier alpha value is -0.420. The Morgan fingerprint density at radius 3 is 2.90 bits per heavy atom. The number of hydrogen-bond donors (Lipinski definition) is 2. The van der Waals surface area contributed by atoms with E-state index in [1.807, 2.05) is 6.07 Å². The van der Waals surface area contributed by atoms with Gasteiger partial charge in [-0.2, -0.15) is 0 Å². The van der Waals surface area contributed by atoms with Crippen LogP contribution in [0.3, 0.4) is 0 Å². The Morgan fingerprint density at radius 1 is 1.50 bits per heavy atom. The number of carbonyl (C=O) groups is 1. The van der Waals surface area contributed by atoms with E-state index in [9.17, 15) is 4.79 Å². The fraction of sp³-hybridized carbons (Fsp3) is 0.500. The summed E-state index contributed by atoms with van der Waals surface area (Å²) in [4.78, 5) is 12.7. The summed E-state index contributed by atoms with van der Waals surface area (Å²) in [6.45, 7) is 0. The van der Waals surface area contributed by atoms with Crippen molar-refractivity contribution in [3.05, 3.63) is 28.2 Å². The first kappa shape index (κ1) is 16.0. The number of rotatable bonds is 4. The smallest absolute Gasteiger partial charge is 0.237 e. The van der Waals surface area contributed by atoms with Crippen molar-refractivity contribution in [3.8, 4) is 0 Å². The van der Waals surface area contributed by atoms with Crippen LogP contribution in [0, 0.1) is 0 Å². The predicted octanol–water partition coefficient (Wildman–Crippen LogP) is 3.47. The van der Waals surface area contributed by atoms with Crippen molar-refractivity contribution in [3.63, 3.8) is 0 Å². The molecule has 1 aliphatic carbocycles. The number of nitrogens with two attached hydrogens (primary N) is 1. The van der Waals surface area contributed by atoms with E-state index in [1.165, 1.54) is 0 Å². The molecule has 110 valence electrons. The Balaban J connectivity index is 2.13. The van der Waals surface area contributed by atoms with Crippen LogP contribution in [0.5, 0.6) is 0 Å². The van der Waals surface area contributed by atoms with Gasteiger partial charge in [0.15, 0.2) is 0 Å². The number of benzene rings is 1. The fourth-order valence-electron chi connectivity index (χ4n) is 2.65. The highest BCUT2D eigenvalue weighted by Crippen LogP contribution is 2.41. The van der Waals surface area contributed by atoms with Crippen LogP contribution in [0.15, 0.2) is 23.1 Å². The molecule has 0 spiro atoms. The SMILES string of the molecule is CNC1(C(N)=O)CCCC(Sc2cc(Cl)ccc2Cl)C1. The first-order valence-electron chi connectivity index (χ1n) is 6.57. The van der Waals surface area contributed by atoms with Gasteiger partial charge in [-0.15, -0.1) is 11.8 Å². The molecule has 0 bridgehead atoms. The second-order valence-electron chi connectivity index (χ2n) is 5.11. The second-order valence-corrected chi connectivity index (χ2v) is 7.29. The maximum atomic E-state index is 11.7. The van der Waals surface area contributed by atoms with Gasteiger partial charge in [0.1, 0.15) is 0 Å². The van der Waals surface area contributed by atoms with E-state index in [4.69, 9.17) is 28.9 Å². The van der Waals surface area contributed by atoms with E-state index < -0.39 is 5.54 Å². The van der Waals surface area contributed by atoms with Crippen molar-refractivity contribution in [2.75, 3.05) is 7.05 Å². The molecule has 0 aliphatic heterocycles. The summed E-state index contributed by atoms with van der Waals surface area (Å²) in [6.07, 6.45) is 3.52. The van der Waals surface area contributed by atoms with Crippen LogP contribution in [-0.4, -0.2) is 23.7 Å². The number of nitrogens with one attached hydrogen (secondary N) is 1. The van der Waals surface area contributed by atoms with Gasteiger partial charge in [0, 0.05) is 15.2 Å². The Bertz CT molecular complexity index is 512. The zero-order valence-electron chi connectivity index (χ0n) is 11.3. The van der Waals surface area contributed by atoms with Gasteiger partial charge in [0.05, 0.1) is 10.6 Å². The monoisotopic (exact) mass is 332 g/mol. The molecule has 0 saturated heterocycles. The minimum atomic E-state index is -0.596. The molecule has 2 unspecified atom stereocenters. The third-order valence-corrected chi connectivity index (χ3v) is 5.85. The third-order valence-electron chi connectivity index (χ3n) is 3.84. The number of primary amides is 1. The van der Waals surface area contributed by atoms with Gasteiger partial charge in [-0.25, -0.2) is 0 Å². The minimum absolute atomic E-state index is 0.275. The number of likely N-dealkylation sites (N-methyl/N-ethyl adjacent to an activating group) is 1. The molecule has 1 aromatic carbocycles. The number of halogens is 2. The van der Waals surface area contributed by atoms with Crippen LogP contribution < -0.4 is 11.1 Å². The van der Waals surface area contributed by atoms with E-state index in [0.717, 1.165) is 24.2 Å². The number of amides is 1. The molecule has 0 aromatic heterocycles. The lowest BCUT2D eigenvalue weighted by Gasteiger charge is -2.38. The van der Waals surface area contributed by atoms with Gasteiger partial charge in [-0.05, 0) is 50.9 Å². The summed E-state index contributed by atoms with van der Waals surface area (Å²) in [6, 6.07) is 5.44. The molecule has 6 heteroatoms. The number of carbonyl (C=O) groups excluding carboxylic acids is 1. The van der Waals surface area contributed by atoms with Gasteiger partial charge in [-0.3, -0.25) is 4.79 Å². The van der Waals surface area contributed by atoms with Crippen LogP contribution in [0.25, 0.3) is 0 Å². The lowest BCUT2D eigenvalue weighted by Crippen LogP contribution is -2.57. The van der Waals surface area contributed by atoms with Crippen molar-refractivity contribution >= 4 is 40.9 Å². The van der Waals surface area contributed by atoms with E-state index in [0.29, 0.717) is 21.7 Å². The van der Waals surface area contributed by atoms with Gasteiger partial charge >= 0.3 is 0 Å². The maximum absolute atomic E-state index is 11.7. The van der Waals surface area contributed by atoms with Crippen LogP contribution >= 0.6 is 35.0 Å². The molecule has 3 N–H and O–H groups in total. The first-order valence-corrected chi connectivity index (χ1v) is 8.21. The van der Waals surface area contributed by atoms with Crippen molar-refractivity contribution < 1.29 is 4.79 Å². The molecule has 0 heterocycles. The van der Waals surface area contributed by atoms with E-state index >= 15 is 0 Å². The largest absolute Gasteiger partial charge is 0.368 e. The summed E-state index contributed by atoms with van der Waals surface area (Å²) in [5.41, 5.74) is 4.97. The van der Waals surface area contributed by atoms with Gasteiger partial charge in [-0.1, -0.05) is 23.2 Å². The molecule has 1 aliphatic rings. The highest BCUT2D eigenvalue weighted by molar-refractivity contribution is 8.00. The second kappa shape index (κ2) is 6.56. The van der Waals surface area contributed by atoms with E-state index in [-0.39, 0.29) is 5.91 Å². The summed E-state index contributed by atoms with van der Waals surface area (Å²) in [5.74, 6) is -0.275. The van der Waals surface area contributed by atoms with Gasteiger partial charge in [0.2, 0.25) is 5.91 Å². The Morgan fingerprint density at radius 2 is 2.25 bits per heavy atom. The van der Waals surface area contributed by atoms with Gasteiger partial charge < -0.3 is 11.1 Å². The standard InChI is InChI=1S/C14H18Cl2N2OS/c1-18-14(13(17)19)6-2-3-10(8-14)20-12-7-9(15)4-5-11(12)16/h4-5,7,10,18H,2-3,6,8H2,1H3,(H2,17,19). The van der Waals surface area contributed by atoms with Crippen molar-refractivity contribution in [2.45, 2.75) is 41.4 Å². The number of hydrogen-bond acceptors (Lipinski definition) is 3. The topological polar surface area (TPSA) is 55.1 Å². The summed E-state index contributed by atoms with van der Waals surface area (Å²) >= 11 is 13.9. The molecule has 20 heavy (non-hydrogen) atoms. The van der Waals surface area contributed by atoms with Crippen LogP contribution in [-0.2, 0) is 4.79 Å². The Kier molecular flexibility index (Phi) is 5.24. The predicted molar refractivity (Wildman–Crippen MR) is 85.6 cm³/mol. The molecule has 3 nitrogen and oxygen atoms in total. The lowest BCUT2D eigenvalue weighted by atomic mass is 9.81. The Labute approximate surface area is 133 Å². The summed E-state index contributed by atoms with van der Waals surface area (Å²) in [5, 5.41) is 4.78. The average molecular weight is 333 g/mol. The normalized spacial score (nSPS) is 26.4. The minimum Gasteiger partial charge on any atom is -0.368 e. The molecular formula is C14H18Cl2N2OS. The highest BCUT2D eigenvalue weighted by Gasteiger charge is 2.40. The molecular weight excluding hydrogens is 315 g/mol. The zero-order valence-corrected chi connectivity index (χ0v) is 13.6. The molecule has 2 rings (SSSR count). The third kappa shape index (κ3) is 3.42. The molecule has 0 radical (unpaired) electrons. The van der Waals surface area contributed by atoms with Crippen LogP contribution in [0.4, 0.5) is 0 Å². The summed E-state index contributed by atoms with van der Waals surface area (Å²) in [7, 11) is 1.80. The average Bonchev–Trinajstić information content (AvgIpc) is 2.43. The lowest BCUT2D eigenvalue weighted by molar-refractivity contribution is -0.125. The van der Waals surface area contributed by atoms with E-state index in [2.05, 4.69) is 5.32 Å². The van der Waals surface area contributed by atoms with Gasteiger partial charge in [0.25, 0.3) is 0 Å². The molecule has 1 fully saturated rings. The van der Waals surface area contributed by atoms with Crippen LogP contribution in [0.2, 0.25) is 10.0 Å². The zero-order chi connectivity index (χ0) is 14.8. The molecule has 1 amide bonds. The van der Waals surface area contributed by atoms with Crippen molar-refractivity contribution in [1.29, 1.82) is 0 Å². The fourth-order valence-corrected chi connectivity index (χ4v) is 4.52. The van der Waals surface area contributed by atoms with Crippen LogP contribution in [0.1, 0.15) is 25.7 Å². The van der Waals surface area contributed by atoms with E-state index in [1.54, 1.807) is 30.9 Å². The van der Waals surface area contributed by atoms with Crippen molar-refractivity contribution in [2.24, 2.45) is 5.73 Å². The summed E-state index contributed by atoms with van der Waals surface area (Å²) < 4.78 is 0. The quantitative estimate of drug-likeness (QED) is 0.887. The molecule has 1 aromatic rings. The first-order chi connectivity index (χ1) is 9.47. The molecule has 1 saturated carbocycles. The number of thioether (sulfide) groups is 1. The molecule has 2 atom stereocenters.